The molecule has 8 N–H and O–H groups in total. The Morgan fingerprint density at radius 1 is 1.30 bits per heavy atom. The highest BCUT2D eigenvalue weighted by molar-refractivity contribution is 5.69. The van der Waals surface area contributed by atoms with Crippen molar-refractivity contribution in [2.45, 2.75) is 32.4 Å². The van der Waals surface area contributed by atoms with Crippen LogP contribution in [0.15, 0.2) is 41.9 Å². The van der Waals surface area contributed by atoms with E-state index in [1.807, 2.05) is 6.07 Å². The second kappa shape index (κ2) is 7.28. The molecule has 1 aromatic carbocycles. The van der Waals surface area contributed by atoms with Crippen LogP contribution in [0.2, 0.25) is 0 Å². The summed E-state index contributed by atoms with van der Waals surface area (Å²) in [6, 6.07) is 7.66. The second-order valence-electron chi connectivity index (χ2n) is 6.04. The highest BCUT2D eigenvalue weighted by Gasteiger charge is 2.24. The molecule has 1 heterocycles. The fourth-order valence-corrected chi connectivity index (χ4v) is 2.92. The van der Waals surface area contributed by atoms with Crippen LogP contribution in [0.4, 0.5) is 0 Å². The maximum atomic E-state index is 9.94. The molecule has 1 aliphatic heterocycles. The number of nitrogens with two attached hydrogens (primary N) is 3. The third-order valence-corrected chi connectivity index (χ3v) is 4.09. The highest BCUT2D eigenvalue weighted by Crippen LogP contribution is 2.24. The molecule has 0 aliphatic carbocycles. The maximum Gasteiger partial charge on any atom is 0.124 e. The van der Waals surface area contributed by atoms with Crippen molar-refractivity contribution in [3.63, 3.8) is 0 Å². The minimum Gasteiger partial charge on any atom is -0.507 e. The van der Waals surface area contributed by atoms with E-state index in [0.29, 0.717) is 29.0 Å². The third-order valence-electron chi connectivity index (χ3n) is 4.09. The van der Waals surface area contributed by atoms with Crippen LogP contribution < -0.4 is 22.5 Å². The van der Waals surface area contributed by atoms with E-state index in [1.54, 1.807) is 24.3 Å². The molecule has 2 atom stereocenters. The predicted octanol–water partition coefficient (Wildman–Crippen LogP) is 0.851. The van der Waals surface area contributed by atoms with Crippen LogP contribution in [0, 0.1) is 0 Å². The van der Waals surface area contributed by atoms with Crippen molar-refractivity contribution in [1.82, 2.24) is 10.2 Å². The molecule has 6 nitrogen and oxygen atoms in total. The monoisotopic (exact) mass is 317 g/mol. The number of aromatic hydroxyl groups is 1. The molecule has 2 unspecified atom stereocenters. The number of nitrogens with zero attached hydrogens (tertiary/aromatic N) is 1. The number of phenols is 1. The molecular weight excluding hydrogens is 290 g/mol. The summed E-state index contributed by atoms with van der Waals surface area (Å²) in [5, 5.41) is 13.5. The summed E-state index contributed by atoms with van der Waals surface area (Å²) < 4.78 is 0. The van der Waals surface area contributed by atoms with Crippen LogP contribution in [0.3, 0.4) is 0 Å². The fourth-order valence-electron chi connectivity index (χ4n) is 2.92. The van der Waals surface area contributed by atoms with Gasteiger partial charge < -0.3 is 32.5 Å². The molecule has 126 valence electrons. The molecule has 0 radical (unpaired) electrons. The SMILES string of the molecule is CCC1CN(C(/C=C(\N)c2ccccc2O)=C(N)N)CC(C)N1. The van der Waals surface area contributed by atoms with E-state index in [1.165, 1.54) is 0 Å². The van der Waals surface area contributed by atoms with Gasteiger partial charge in [0.2, 0.25) is 0 Å². The van der Waals surface area contributed by atoms with Crippen LogP contribution in [-0.4, -0.2) is 35.2 Å². The van der Waals surface area contributed by atoms with E-state index in [2.05, 4.69) is 24.1 Å². The second-order valence-corrected chi connectivity index (χ2v) is 6.04. The summed E-state index contributed by atoms with van der Waals surface area (Å²) in [4.78, 5) is 2.15. The number of hydrogen-bond acceptors (Lipinski definition) is 6. The van der Waals surface area contributed by atoms with E-state index >= 15 is 0 Å². The summed E-state index contributed by atoms with van der Waals surface area (Å²) >= 11 is 0. The Kier molecular flexibility index (Phi) is 5.39. The van der Waals surface area contributed by atoms with Crippen LogP contribution >= 0.6 is 0 Å². The summed E-state index contributed by atoms with van der Waals surface area (Å²) in [5.41, 5.74) is 19.7. The van der Waals surface area contributed by atoms with Crippen molar-refractivity contribution in [3.05, 3.63) is 47.4 Å². The van der Waals surface area contributed by atoms with E-state index in [4.69, 9.17) is 17.2 Å². The van der Waals surface area contributed by atoms with E-state index in [9.17, 15) is 5.11 Å². The number of nitrogens with one attached hydrogen (secondary N) is 1. The molecular formula is C17H27N5O. The van der Waals surface area contributed by atoms with Gasteiger partial charge in [-0.2, -0.15) is 0 Å². The molecule has 2 rings (SSSR count). The number of piperazine rings is 1. The fraction of sp³-hybridized carbons (Fsp3) is 0.412. The first-order valence-electron chi connectivity index (χ1n) is 7.94. The zero-order valence-corrected chi connectivity index (χ0v) is 13.8. The Labute approximate surface area is 137 Å². The van der Waals surface area contributed by atoms with Crippen LogP contribution in [0.1, 0.15) is 25.8 Å². The number of allylic oxidation sites excluding steroid dienone is 1. The summed E-state index contributed by atoms with van der Waals surface area (Å²) in [7, 11) is 0. The molecule has 1 fully saturated rings. The minimum absolute atomic E-state index is 0.135. The lowest BCUT2D eigenvalue weighted by Crippen LogP contribution is -2.55. The quantitative estimate of drug-likeness (QED) is 0.526. The van der Waals surface area contributed by atoms with Crippen molar-refractivity contribution in [3.8, 4) is 5.75 Å². The topological polar surface area (TPSA) is 114 Å². The Bertz CT molecular complexity index is 607. The van der Waals surface area contributed by atoms with Gasteiger partial charge >= 0.3 is 0 Å². The lowest BCUT2D eigenvalue weighted by molar-refractivity contribution is 0.206. The van der Waals surface area contributed by atoms with Crippen LogP contribution in [0.25, 0.3) is 5.70 Å². The number of benzene rings is 1. The number of hydrogen-bond donors (Lipinski definition) is 5. The van der Waals surface area contributed by atoms with Gasteiger partial charge in [0.25, 0.3) is 0 Å². The minimum atomic E-state index is 0.135. The van der Waals surface area contributed by atoms with Gasteiger partial charge in [0.1, 0.15) is 11.6 Å². The molecule has 0 saturated carbocycles. The van der Waals surface area contributed by atoms with Gasteiger partial charge in [-0.3, -0.25) is 0 Å². The maximum absolute atomic E-state index is 9.94. The van der Waals surface area contributed by atoms with Crippen molar-refractivity contribution in [2.24, 2.45) is 17.2 Å². The first-order valence-corrected chi connectivity index (χ1v) is 7.94. The van der Waals surface area contributed by atoms with Gasteiger partial charge in [-0.1, -0.05) is 19.1 Å². The Morgan fingerprint density at radius 3 is 2.61 bits per heavy atom. The van der Waals surface area contributed by atoms with Crippen LogP contribution in [0.5, 0.6) is 5.75 Å². The van der Waals surface area contributed by atoms with Crippen molar-refractivity contribution >= 4 is 5.70 Å². The standard InChI is InChI=1S/C17H27N5O/c1-3-12-10-22(9-11(2)21-12)15(17(19)20)8-14(18)13-6-4-5-7-16(13)23/h4-8,11-12,21,23H,3,9-10,18-20H2,1-2H3/b14-8-. The summed E-state index contributed by atoms with van der Waals surface area (Å²) in [6.45, 7) is 5.90. The van der Waals surface area contributed by atoms with Gasteiger partial charge in [-0.05, 0) is 31.6 Å². The van der Waals surface area contributed by atoms with E-state index in [0.717, 1.165) is 19.5 Å². The van der Waals surface area contributed by atoms with E-state index < -0.39 is 0 Å². The first-order chi connectivity index (χ1) is 10.9. The number of phenolic OH excluding ortho intramolecular Hbond substituents is 1. The molecule has 1 aromatic rings. The lowest BCUT2D eigenvalue weighted by atomic mass is 10.1. The third kappa shape index (κ3) is 4.10. The van der Waals surface area contributed by atoms with Crippen molar-refractivity contribution < 1.29 is 5.11 Å². The van der Waals surface area contributed by atoms with Gasteiger partial charge in [0.15, 0.2) is 0 Å². The lowest BCUT2D eigenvalue weighted by Gasteiger charge is -2.39. The zero-order chi connectivity index (χ0) is 17.0. The van der Waals surface area contributed by atoms with Gasteiger partial charge in [-0.15, -0.1) is 0 Å². The molecule has 0 bridgehead atoms. The van der Waals surface area contributed by atoms with Gasteiger partial charge in [0.05, 0.1) is 5.70 Å². The first kappa shape index (κ1) is 17.0. The largest absolute Gasteiger partial charge is 0.507 e. The van der Waals surface area contributed by atoms with Gasteiger partial charge in [0, 0.05) is 36.4 Å². The smallest absolute Gasteiger partial charge is 0.124 e. The average Bonchev–Trinajstić information content (AvgIpc) is 2.51. The summed E-state index contributed by atoms with van der Waals surface area (Å²) in [6.07, 6.45) is 2.77. The van der Waals surface area contributed by atoms with E-state index in [-0.39, 0.29) is 11.6 Å². The van der Waals surface area contributed by atoms with Gasteiger partial charge in [-0.25, -0.2) is 0 Å². The molecule has 0 aromatic heterocycles. The molecule has 0 spiro atoms. The average molecular weight is 317 g/mol. The van der Waals surface area contributed by atoms with Crippen molar-refractivity contribution in [2.75, 3.05) is 13.1 Å². The molecule has 1 saturated heterocycles. The van der Waals surface area contributed by atoms with Crippen molar-refractivity contribution in [1.29, 1.82) is 0 Å². The normalized spacial score (nSPS) is 22.0. The molecule has 1 aliphatic rings. The Morgan fingerprint density at radius 2 is 2.00 bits per heavy atom. The Balaban J connectivity index is 2.31. The number of rotatable bonds is 4. The zero-order valence-electron chi connectivity index (χ0n) is 13.8. The molecule has 0 amide bonds. The number of para-hydroxylation sites is 1. The highest BCUT2D eigenvalue weighted by atomic mass is 16.3. The summed E-state index contributed by atoms with van der Waals surface area (Å²) in [5.74, 6) is 0.364. The molecule has 6 heteroatoms. The predicted molar refractivity (Wildman–Crippen MR) is 93.9 cm³/mol. The molecule has 23 heavy (non-hydrogen) atoms. The van der Waals surface area contributed by atoms with Crippen LogP contribution in [-0.2, 0) is 0 Å². The Hall–Kier alpha value is -2.34.